The van der Waals surface area contributed by atoms with Crippen molar-refractivity contribution in [1.82, 2.24) is 0 Å². The Morgan fingerprint density at radius 1 is 0.964 bits per heavy atom. The van der Waals surface area contributed by atoms with Crippen molar-refractivity contribution in [3.8, 4) is 0 Å². The van der Waals surface area contributed by atoms with E-state index >= 15 is 0 Å². The molecule has 1 saturated heterocycles. The van der Waals surface area contributed by atoms with Crippen molar-refractivity contribution in [3.63, 3.8) is 0 Å². The molecule has 28 heavy (non-hydrogen) atoms. The Labute approximate surface area is 164 Å². The van der Waals surface area contributed by atoms with Crippen LogP contribution in [0.15, 0.2) is 54.6 Å². The second-order valence-corrected chi connectivity index (χ2v) is 8.02. The number of nitrogens with one attached hydrogen (secondary N) is 2. The molecule has 0 aromatic heterocycles. The molecule has 6 nitrogen and oxygen atoms in total. The first-order valence-electron chi connectivity index (χ1n) is 9.32. The quantitative estimate of drug-likeness (QED) is 0.851. The zero-order valence-corrected chi connectivity index (χ0v) is 16.4. The third kappa shape index (κ3) is 4.57. The van der Waals surface area contributed by atoms with Crippen LogP contribution in [-0.4, -0.2) is 24.3 Å². The molecule has 3 rings (SSSR count). The van der Waals surface area contributed by atoms with Crippen LogP contribution in [0.1, 0.15) is 27.2 Å². The lowest BCUT2D eigenvalue weighted by atomic mass is 9.95. The van der Waals surface area contributed by atoms with Crippen LogP contribution in [0.25, 0.3) is 0 Å². The van der Waals surface area contributed by atoms with Gasteiger partial charge in [0.25, 0.3) is 0 Å². The molecular formula is C22H25N3O3. The standard InChI is InChI=1S/C22H25N3O3/c1-22(2,3)21(28)24-17-9-7-8-16(13-17)23-20(27)15-12-19(26)25(14-15)18-10-5-4-6-11-18/h4-11,13,15H,12,14H2,1-3H3,(H,23,27)(H,24,28). The van der Waals surface area contributed by atoms with Crippen LogP contribution in [0.5, 0.6) is 0 Å². The molecule has 0 bridgehead atoms. The summed E-state index contributed by atoms with van der Waals surface area (Å²) in [6.07, 6.45) is 0.182. The highest BCUT2D eigenvalue weighted by atomic mass is 16.2. The zero-order valence-electron chi connectivity index (χ0n) is 16.4. The summed E-state index contributed by atoms with van der Waals surface area (Å²) in [6, 6.07) is 16.4. The van der Waals surface area contributed by atoms with Crippen LogP contribution < -0.4 is 15.5 Å². The lowest BCUT2D eigenvalue weighted by Crippen LogP contribution is -2.28. The van der Waals surface area contributed by atoms with Gasteiger partial charge in [0.1, 0.15) is 0 Å². The van der Waals surface area contributed by atoms with Crippen LogP contribution in [0.3, 0.4) is 0 Å². The Morgan fingerprint density at radius 2 is 1.61 bits per heavy atom. The number of carbonyl (C=O) groups is 3. The van der Waals surface area contributed by atoms with E-state index in [0.29, 0.717) is 17.9 Å². The van der Waals surface area contributed by atoms with E-state index in [-0.39, 0.29) is 24.1 Å². The number of para-hydroxylation sites is 1. The molecule has 1 aliphatic heterocycles. The van der Waals surface area contributed by atoms with Gasteiger partial charge < -0.3 is 15.5 Å². The van der Waals surface area contributed by atoms with Crippen LogP contribution in [0.4, 0.5) is 17.1 Å². The van der Waals surface area contributed by atoms with Gasteiger partial charge in [0.15, 0.2) is 0 Å². The van der Waals surface area contributed by atoms with Gasteiger partial charge in [-0.1, -0.05) is 45.0 Å². The summed E-state index contributed by atoms with van der Waals surface area (Å²) >= 11 is 0. The van der Waals surface area contributed by atoms with Gasteiger partial charge in [0.2, 0.25) is 17.7 Å². The van der Waals surface area contributed by atoms with Crippen molar-refractivity contribution in [3.05, 3.63) is 54.6 Å². The predicted molar refractivity (Wildman–Crippen MR) is 110 cm³/mol. The van der Waals surface area contributed by atoms with Crippen molar-refractivity contribution < 1.29 is 14.4 Å². The van der Waals surface area contributed by atoms with Crippen LogP contribution in [0.2, 0.25) is 0 Å². The van der Waals surface area contributed by atoms with Crippen molar-refractivity contribution >= 4 is 34.8 Å². The molecule has 0 aliphatic carbocycles. The van der Waals surface area contributed by atoms with Gasteiger partial charge >= 0.3 is 0 Å². The topological polar surface area (TPSA) is 78.5 Å². The number of hydrogen-bond donors (Lipinski definition) is 2. The lowest BCUT2D eigenvalue weighted by molar-refractivity contribution is -0.123. The largest absolute Gasteiger partial charge is 0.326 e. The van der Waals surface area contributed by atoms with Gasteiger partial charge in [-0.3, -0.25) is 14.4 Å². The Morgan fingerprint density at radius 3 is 2.25 bits per heavy atom. The number of hydrogen-bond acceptors (Lipinski definition) is 3. The molecule has 3 amide bonds. The van der Waals surface area contributed by atoms with Crippen molar-refractivity contribution in [2.75, 3.05) is 22.1 Å². The smallest absolute Gasteiger partial charge is 0.229 e. The van der Waals surface area contributed by atoms with Gasteiger partial charge in [-0.05, 0) is 30.3 Å². The lowest BCUT2D eigenvalue weighted by Gasteiger charge is -2.18. The molecule has 6 heteroatoms. The second-order valence-electron chi connectivity index (χ2n) is 8.02. The fourth-order valence-electron chi connectivity index (χ4n) is 2.98. The minimum atomic E-state index is -0.510. The third-order valence-corrected chi connectivity index (χ3v) is 4.63. The molecule has 1 heterocycles. The van der Waals surface area contributed by atoms with Gasteiger partial charge in [-0.2, -0.15) is 0 Å². The van der Waals surface area contributed by atoms with Crippen molar-refractivity contribution in [1.29, 1.82) is 0 Å². The van der Waals surface area contributed by atoms with E-state index in [0.717, 1.165) is 5.69 Å². The van der Waals surface area contributed by atoms with E-state index in [1.807, 2.05) is 51.1 Å². The summed E-state index contributed by atoms with van der Waals surface area (Å²) < 4.78 is 0. The minimum absolute atomic E-state index is 0.0578. The van der Waals surface area contributed by atoms with Gasteiger partial charge in [-0.15, -0.1) is 0 Å². The van der Waals surface area contributed by atoms with Crippen LogP contribution >= 0.6 is 0 Å². The third-order valence-electron chi connectivity index (χ3n) is 4.63. The molecule has 1 unspecified atom stereocenters. The summed E-state index contributed by atoms with van der Waals surface area (Å²) in [4.78, 5) is 38.7. The fourth-order valence-corrected chi connectivity index (χ4v) is 2.98. The maximum Gasteiger partial charge on any atom is 0.229 e. The summed E-state index contributed by atoms with van der Waals surface area (Å²) in [5.74, 6) is -0.778. The fraction of sp³-hybridized carbons (Fsp3) is 0.318. The monoisotopic (exact) mass is 379 g/mol. The number of nitrogens with zero attached hydrogens (tertiary/aromatic N) is 1. The number of carbonyl (C=O) groups excluding carboxylic acids is 3. The second kappa shape index (κ2) is 7.84. The Hall–Kier alpha value is -3.15. The molecule has 146 valence electrons. The maximum absolute atomic E-state index is 12.7. The minimum Gasteiger partial charge on any atom is -0.326 e. The van der Waals surface area contributed by atoms with Crippen LogP contribution in [-0.2, 0) is 14.4 Å². The van der Waals surface area contributed by atoms with E-state index in [9.17, 15) is 14.4 Å². The molecule has 1 atom stereocenters. The highest BCUT2D eigenvalue weighted by Crippen LogP contribution is 2.26. The first-order valence-corrected chi connectivity index (χ1v) is 9.32. The highest BCUT2D eigenvalue weighted by molar-refractivity contribution is 6.03. The molecule has 0 saturated carbocycles. The Balaban J connectivity index is 1.65. The van der Waals surface area contributed by atoms with E-state index in [1.54, 1.807) is 29.2 Å². The van der Waals surface area contributed by atoms with Gasteiger partial charge in [-0.25, -0.2) is 0 Å². The predicted octanol–water partition coefficient (Wildman–Crippen LogP) is 3.66. The number of amides is 3. The number of anilines is 3. The van der Waals surface area contributed by atoms with Gasteiger partial charge in [0.05, 0.1) is 5.92 Å². The SMILES string of the molecule is CC(C)(C)C(=O)Nc1cccc(NC(=O)C2CC(=O)N(c3ccccc3)C2)c1. The molecule has 2 N–H and O–H groups in total. The Bertz CT molecular complexity index is 887. The highest BCUT2D eigenvalue weighted by Gasteiger charge is 2.35. The first-order chi connectivity index (χ1) is 13.2. The summed E-state index contributed by atoms with van der Waals surface area (Å²) in [5, 5.41) is 5.71. The summed E-state index contributed by atoms with van der Waals surface area (Å²) in [7, 11) is 0. The Kier molecular flexibility index (Phi) is 5.49. The molecule has 0 radical (unpaired) electrons. The van der Waals surface area contributed by atoms with Crippen molar-refractivity contribution in [2.24, 2.45) is 11.3 Å². The molecule has 1 aliphatic rings. The number of benzene rings is 2. The van der Waals surface area contributed by atoms with E-state index in [1.165, 1.54) is 0 Å². The average Bonchev–Trinajstić information content (AvgIpc) is 3.04. The molecular weight excluding hydrogens is 354 g/mol. The summed E-state index contributed by atoms with van der Waals surface area (Å²) in [6.45, 7) is 5.87. The van der Waals surface area contributed by atoms with Crippen LogP contribution in [0, 0.1) is 11.3 Å². The number of rotatable bonds is 4. The molecule has 2 aromatic rings. The summed E-state index contributed by atoms with van der Waals surface area (Å²) in [5.41, 5.74) is 1.49. The van der Waals surface area contributed by atoms with Gasteiger partial charge in [0, 0.05) is 35.4 Å². The molecule has 0 spiro atoms. The average molecular weight is 379 g/mol. The maximum atomic E-state index is 12.7. The van der Waals surface area contributed by atoms with E-state index in [4.69, 9.17) is 0 Å². The van der Waals surface area contributed by atoms with Crippen molar-refractivity contribution in [2.45, 2.75) is 27.2 Å². The molecule has 2 aromatic carbocycles. The van der Waals surface area contributed by atoms with E-state index < -0.39 is 11.3 Å². The zero-order chi connectivity index (χ0) is 20.3. The normalized spacial score (nSPS) is 16.8. The van der Waals surface area contributed by atoms with E-state index in [2.05, 4.69) is 10.6 Å². The first kappa shape index (κ1) is 19.6. The molecule has 1 fully saturated rings.